The molecule has 5 nitrogen and oxygen atoms in total. The minimum atomic E-state index is 0.402. The van der Waals surface area contributed by atoms with Crippen molar-refractivity contribution >= 4 is 23.0 Å². The molecule has 96 valence electrons. The lowest BCUT2D eigenvalue weighted by atomic mass is 10.2. The van der Waals surface area contributed by atoms with Crippen molar-refractivity contribution in [2.24, 2.45) is 5.10 Å². The van der Waals surface area contributed by atoms with Gasteiger partial charge in [0.05, 0.1) is 11.4 Å². The topological polar surface area (TPSA) is 61.3 Å². The number of thiocarbonyl (C=S) groups is 1. The average Bonchev–Trinajstić information content (AvgIpc) is 2.41. The maximum atomic E-state index is 5.04. The molecule has 6 heteroatoms. The van der Waals surface area contributed by atoms with Gasteiger partial charge in [-0.25, -0.2) is 5.43 Å². The molecular weight excluding hydrogens is 246 g/mol. The van der Waals surface area contributed by atoms with Gasteiger partial charge in [0, 0.05) is 12.7 Å². The van der Waals surface area contributed by atoms with Crippen molar-refractivity contribution in [1.82, 2.24) is 21.3 Å². The van der Waals surface area contributed by atoms with Crippen molar-refractivity contribution in [3.8, 4) is 0 Å². The largest absolute Gasteiger partial charge is 0.297 e. The smallest absolute Gasteiger partial charge is 0.201 e. The summed E-state index contributed by atoms with van der Waals surface area (Å²) in [5, 5.41) is 4.63. The Hall–Kier alpha value is -1.79. The van der Waals surface area contributed by atoms with E-state index in [1.807, 2.05) is 25.1 Å². The summed E-state index contributed by atoms with van der Waals surface area (Å²) in [6, 6.07) is 5.71. The van der Waals surface area contributed by atoms with E-state index in [0.29, 0.717) is 11.7 Å². The van der Waals surface area contributed by atoms with Crippen molar-refractivity contribution in [3.05, 3.63) is 42.7 Å². The molecule has 1 rings (SSSR count). The van der Waals surface area contributed by atoms with Crippen LogP contribution in [0.3, 0.4) is 0 Å². The Bertz CT molecular complexity index is 416. The van der Waals surface area contributed by atoms with Gasteiger partial charge in [-0.15, -0.1) is 6.58 Å². The van der Waals surface area contributed by atoms with E-state index in [1.165, 1.54) is 0 Å². The Morgan fingerprint density at radius 3 is 3.00 bits per heavy atom. The number of hydrazone groups is 1. The second kappa shape index (κ2) is 8.32. The number of rotatable bonds is 6. The predicted molar refractivity (Wildman–Crippen MR) is 78.1 cm³/mol. The maximum Gasteiger partial charge on any atom is 0.201 e. The molecule has 0 spiro atoms. The summed E-state index contributed by atoms with van der Waals surface area (Å²) in [6.07, 6.45) is 4.24. The molecule has 18 heavy (non-hydrogen) atoms. The molecule has 0 unspecified atom stereocenters. The van der Waals surface area contributed by atoms with Gasteiger partial charge in [-0.3, -0.25) is 15.8 Å². The van der Waals surface area contributed by atoms with Crippen LogP contribution in [0.1, 0.15) is 19.0 Å². The lowest BCUT2D eigenvalue weighted by molar-refractivity contribution is 0.701. The minimum Gasteiger partial charge on any atom is -0.297 e. The Labute approximate surface area is 112 Å². The van der Waals surface area contributed by atoms with Crippen LogP contribution < -0.4 is 16.3 Å². The first kappa shape index (κ1) is 14.3. The first-order valence-electron chi connectivity index (χ1n) is 5.65. The van der Waals surface area contributed by atoms with E-state index < -0.39 is 0 Å². The average molecular weight is 263 g/mol. The van der Waals surface area contributed by atoms with Gasteiger partial charge in [-0.2, -0.15) is 5.10 Å². The molecule has 1 aromatic heterocycles. The molecule has 1 heterocycles. The maximum absolute atomic E-state index is 5.04. The molecule has 0 saturated heterocycles. The standard InChI is InChI=1S/C12H17N5S/c1-3-8-14-16-12(18)17-15-10(4-2)11-7-5-6-9-13-11/h3,5-7,9,14H,1,4,8H2,2H3,(H2,16,17,18)/b15-10+. The van der Waals surface area contributed by atoms with Crippen molar-refractivity contribution in [3.63, 3.8) is 0 Å². The molecule has 0 atom stereocenters. The Kier molecular flexibility index (Phi) is 6.60. The van der Waals surface area contributed by atoms with Crippen LogP contribution in [-0.2, 0) is 0 Å². The van der Waals surface area contributed by atoms with Gasteiger partial charge in [0.2, 0.25) is 5.11 Å². The lowest BCUT2D eigenvalue weighted by Gasteiger charge is -2.08. The molecule has 1 aromatic rings. The third-order valence-electron chi connectivity index (χ3n) is 2.04. The van der Waals surface area contributed by atoms with Gasteiger partial charge < -0.3 is 0 Å². The molecule has 0 saturated carbocycles. The Morgan fingerprint density at radius 1 is 1.56 bits per heavy atom. The van der Waals surface area contributed by atoms with E-state index >= 15 is 0 Å². The second-order valence-corrected chi connectivity index (χ2v) is 3.77. The molecular formula is C12H17N5S. The number of hydrogen-bond donors (Lipinski definition) is 3. The number of hydrogen-bond acceptors (Lipinski definition) is 4. The predicted octanol–water partition coefficient (Wildman–Crippen LogP) is 1.35. The van der Waals surface area contributed by atoms with E-state index in [2.05, 4.69) is 32.9 Å². The third-order valence-corrected chi connectivity index (χ3v) is 2.23. The third kappa shape index (κ3) is 5.03. The molecule has 0 aromatic carbocycles. The summed E-state index contributed by atoms with van der Waals surface area (Å²) in [7, 11) is 0. The summed E-state index contributed by atoms with van der Waals surface area (Å²) < 4.78 is 0. The number of pyridine rings is 1. The highest BCUT2D eigenvalue weighted by Gasteiger charge is 2.01. The van der Waals surface area contributed by atoms with Crippen LogP contribution in [0.4, 0.5) is 0 Å². The Balaban J connectivity index is 2.53. The van der Waals surface area contributed by atoms with E-state index in [-0.39, 0.29) is 0 Å². The number of nitrogens with one attached hydrogen (secondary N) is 3. The number of aromatic nitrogens is 1. The second-order valence-electron chi connectivity index (χ2n) is 3.36. The van der Waals surface area contributed by atoms with Crippen molar-refractivity contribution in [2.45, 2.75) is 13.3 Å². The highest BCUT2D eigenvalue weighted by molar-refractivity contribution is 7.80. The van der Waals surface area contributed by atoms with E-state index in [9.17, 15) is 0 Å². The molecule has 0 aliphatic heterocycles. The fourth-order valence-corrected chi connectivity index (χ4v) is 1.32. The molecule has 0 radical (unpaired) electrons. The van der Waals surface area contributed by atoms with Crippen LogP contribution in [-0.4, -0.2) is 22.4 Å². The summed E-state index contributed by atoms with van der Waals surface area (Å²) in [4.78, 5) is 4.24. The SMILES string of the molecule is C=CCNNC(=S)N/N=C(\CC)c1ccccn1. The van der Waals surface area contributed by atoms with Gasteiger partial charge in [-0.1, -0.05) is 19.1 Å². The van der Waals surface area contributed by atoms with Gasteiger partial charge in [0.15, 0.2) is 0 Å². The van der Waals surface area contributed by atoms with Crippen molar-refractivity contribution in [2.75, 3.05) is 6.54 Å². The van der Waals surface area contributed by atoms with Crippen LogP contribution >= 0.6 is 12.2 Å². The van der Waals surface area contributed by atoms with E-state index in [1.54, 1.807) is 12.3 Å². The molecule has 0 aliphatic carbocycles. The van der Waals surface area contributed by atoms with Crippen molar-refractivity contribution in [1.29, 1.82) is 0 Å². The summed E-state index contributed by atoms with van der Waals surface area (Å²) in [5.41, 5.74) is 10.1. The van der Waals surface area contributed by atoms with E-state index in [4.69, 9.17) is 12.2 Å². The molecule has 0 aliphatic rings. The van der Waals surface area contributed by atoms with Crippen LogP contribution in [0.2, 0.25) is 0 Å². The monoisotopic (exact) mass is 263 g/mol. The van der Waals surface area contributed by atoms with Crippen LogP contribution in [0.5, 0.6) is 0 Å². The van der Waals surface area contributed by atoms with Crippen LogP contribution in [0.25, 0.3) is 0 Å². The van der Waals surface area contributed by atoms with Crippen LogP contribution in [0.15, 0.2) is 42.2 Å². The normalized spacial score (nSPS) is 10.8. The highest BCUT2D eigenvalue weighted by Crippen LogP contribution is 1.99. The first-order valence-corrected chi connectivity index (χ1v) is 6.06. The van der Waals surface area contributed by atoms with Crippen molar-refractivity contribution < 1.29 is 0 Å². The summed E-state index contributed by atoms with van der Waals surface area (Å²) in [5.74, 6) is 0. The van der Waals surface area contributed by atoms with Crippen LogP contribution in [0, 0.1) is 0 Å². The lowest BCUT2D eigenvalue weighted by Crippen LogP contribution is -2.42. The number of nitrogens with zero attached hydrogens (tertiary/aromatic N) is 2. The zero-order chi connectivity index (χ0) is 13.2. The zero-order valence-electron chi connectivity index (χ0n) is 10.3. The quantitative estimate of drug-likeness (QED) is 0.238. The minimum absolute atomic E-state index is 0.402. The van der Waals surface area contributed by atoms with Gasteiger partial charge in [-0.05, 0) is 30.8 Å². The zero-order valence-corrected chi connectivity index (χ0v) is 11.1. The molecule has 0 amide bonds. The summed E-state index contributed by atoms with van der Waals surface area (Å²) in [6.45, 7) is 6.22. The Morgan fingerprint density at radius 2 is 2.39 bits per heavy atom. The molecule has 0 bridgehead atoms. The van der Waals surface area contributed by atoms with Gasteiger partial charge in [0.1, 0.15) is 0 Å². The van der Waals surface area contributed by atoms with E-state index in [0.717, 1.165) is 17.8 Å². The summed E-state index contributed by atoms with van der Waals surface area (Å²) >= 11 is 5.04. The fourth-order valence-electron chi connectivity index (χ4n) is 1.20. The highest BCUT2D eigenvalue weighted by atomic mass is 32.1. The fraction of sp³-hybridized carbons (Fsp3) is 0.250. The van der Waals surface area contributed by atoms with Gasteiger partial charge in [0.25, 0.3) is 0 Å². The molecule has 0 fully saturated rings. The first-order chi connectivity index (χ1) is 8.77. The number of hydrazine groups is 1. The molecule has 3 N–H and O–H groups in total. The van der Waals surface area contributed by atoms with Gasteiger partial charge >= 0.3 is 0 Å².